The zero-order valence-electron chi connectivity index (χ0n) is 16.6. The van der Waals surface area contributed by atoms with Crippen molar-refractivity contribution in [1.29, 1.82) is 0 Å². The van der Waals surface area contributed by atoms with Crippen molar-refractivity contribution in [3.63, 3.8) is 0 Å². The van der Waals surface area contributed by atoms with Gasteiger partial charge in [0.15, 0.2) is 11.5 Å². The Bertz CT molecular complexity index is 890. The number of carbonyl (C=O) groups excluding carboxylic acids is 2. The molecule has 0 aromatic heterocycles. The molecule has 0 spiro atoms. The molecule has 5 heteroatoms. The summed E-state index contributed by atoms with van der Waals surface area (Å²) in [4.78, 5) is 27.5. The van der Waals surface area contributed by atoms with Gasteiger partial charge in [-0.3, -0.25) is 9.59 Å². The van der Waals surface area contributed by atoms with Crippen LogP contribution >= 0.6 is 11.6 Å². The fraction of sp³-hybridized carbons (Fsp3) is 0.333. The molecule has 1 amide bonds. The fourth-order valence-corrected chi connectivity index (χ4v) is 3.86. The number of hydrogen-bond acceptors (Lipinski definition) is 3. The van der Waals surface area contributed by atoms with Gasteiger partial charge >= 0.3 is 0 Å². The maximum Gasteiger partial charge on any atom is 0.290 e. The summed E-state index contributed by atoms with van der Waals surface area (Å²) in [5, 5.41) is 11.2. The van der Waals surface area contributed by atoms with E-state index in [0.29, 0.717) is 18.0 Å². The Hall–Kier alpha value is -2.59. The molecule has 2 aromatic carbocycles. The number of halogens is 1. The zero-order valence-corrected chi connectivity index (χ0v) is 17.4. The summed E-state index contributed by atoms with van der Waals surface area (Å²) < 4.78 is 0. The minimum Gasteiger partial charge on any atom is -0.503 e. The van der Waals surface area contributed by atoms with E-state index in [2.05, 4.69) is 6.92 Å². The van der Waals surface area contributed by atoms with Crippen molar-refractivity contribution in [3.05, 3.63) is 82.1 Å². The van der Waals surface area contributed by atoms with Crippen LogP contribution in [0.5, 0.6) is 0 Å². The topological polar surface area (TPSA) is 57.6 Å². The van der Waals surface area contributed by atoms with Crippen LogP contribution in [-0.4, -0.2) is 28.2 Å². The number of aryl methyl sites for hydroxylation is 1. The van der Waals surface area contributed by atoms with Crippen molar-refractivity contribution < 1.29 is 14.7 Å². The number of carbonyl (C=O) groups is 2. The lowest BCUT2D eigenvalue weighted by Gasteiger charge is -2.27. The summed E-state index contributed by atoms with van der Waals surface area (Å²) in [6, 6.07) is 16.3. The molecule has 0 radical (unpaired) electrons. The average molecular weight is 412 g/mol. The summed E-state index contributed by atoms with van der Waals surface area (Å²) in [6.07, 6.45) is 3.63. The smallest absolute Gasteiger partial charge is 0.290 e. The molecule has 0 bridgehead atoms. The molecule has 1 aliphatic rings. The molecule has 4 nitrogen and oxygen atoms in total. The highest BCUT2D eigenvalue weighted by Gasteiger charge is 2.42. The third kappa shape index (κ3) is 4.88. The fourth-order valence-electron chi connectivity index (χ4n) is 3.73. The van der Waals surface area contributed by atoms with Gasteiger partial charge in [-0.25, -0.2) is 0 Å². The molecule has 152 valence electrons. The predicted molar refractivity (Wildman–Crippen MR) is 115 cm³/mol. The van der Waals surface area contributed by atoms with Crippen molar-refractivity contribution in [2.75, 3.05) is 6.54 Å². The highest BCUT2D eigenvalue weighted by molar-refractivity contribution is 6.30. The highest BCUT2D eigenvalue weighted by atomic mass is 35.5. The molecule has 0 saturated heterocycles. The minimum atomic E-state index is -0.570. The van der Waals surface area contributed by atoms with Gasteiger partial charge in [0.2, 0.25) is 0 Å². The molecule has 0 aliphatic carbocycles. The molecule has 0 fully saturated rings. The van der Waals surface area contributed by atoms with E-state index in [4.69, 9.17) is 11.6 Å². The lowest BCUT2D eigenvalue weighted by atomic mass is 9.93. The first-order chi connectivity index (χ1) is 14.0. The highest BCUT2D eigenvalue weighted by Crippen LogP contribution is 2.38. The second kappa shape index (κ2) is 9.75. The largest absolute Gasteiger partial charge is 0.503 e. The number of Topliss-reactive ketones (excluding diaryl/α,β-unsaturated/α-hetero) is 1. The van der Waals surface area contributed by atoms with Crippen molar-refractivity contribution in [2.45, 2.75) is 45.1 Å². The van der Waals surface area contributed by atoms with Gasteiger partial charge < -0.3 is 10.0 Å². The quantitative estimate of drug-likeness (QED) is 0.560. The maximum atomic E-state index is 13.1. The standard InChI is InChI=1S/C24H26ClNO3/c1-2-3-7-16-26-22(18-11-13-19(25)14-12-18)21(23(28)24(26)29)20(27)15-10-17-8-5-4-6-9-17/h4-6,8-9,11-14,22,28H,2-3,7,10,15-16H2,1H3. The lowest BCUT2D eigenvalue weighted by Crippen LogP contribution is -2.32. The molecule has 1 atom stereocenters. The molecule has 29 heavy (non-hydrogen) atoms. The number of rotatable bonds is 9. The molecule has 1 heterocycles. The summed E-state index contributed by atoms with van der Waals surface area (Å²) in [7, 11) is 0. The van der Waals surface area contributed by atoms with Crippen molar-refractivity contribution in [3.8, 4) is 0 Å². The number of amides is 1. The summed E-state index contributed by atoms with van der Waals surface area (Å²) in [6.45, 7) is 2.59. The van der Waals surface area contributed by atoms with E-state index in [1.807, 2.05) is 42.5 Å². The maximum absolute atomic E-state index is 13.1. The van der Waals surface area contributed by atoms with Crippen LogP contribution in [0, 0.1) is 0 Å². The molecule has 3 rings (SSSR count). The summed E-state index contributed by atoms with van der Waals surface area (Å²) in [5.74, 6) is -1.08. The van der Waals surface area contributed by atoms with Crippen molar-refractivity contribution in [2.24, 2.45) is 0 Å². The first-order valence-corrected chi connectivity index (χ1v) is 10.5. The second-order valence-corrected chi connectivity index (χ2v) is 7.77. The molecule has 1 N–H and O–H groups in total. The van der Waals surface area contributed by atoms with Gasteiger partial charge in [-0.2, -0.15) is 0 Å². The Kier molecular flexibility index (Phi) is 7.10. The van der Waals surface area contributed by atoms with Gasteiger partial charge in [0.25, 0.3) is 5.91 Å². The van der Waals surface area contributed by atoms with Crippen LogP contribution in [0.1, 0.15) is 49.8 Å². The summed E-state index contributed by atoms with van der Waals surface area (Å²) in [5.41, 5.74) is 2.03. The average Bonchev–Trinajstić information content (AvgIpc) is 2.98. The molecule has 1 unspecified atom stereocenters. The van der Waals surface area contributed by atoms with E-state index in [9.17, 15) is 14.7 Å². The van der Waals surface area contributed by atoms with Crippen LogP contribution in [0.2, 0.25) is 5.02 Å². The zero-order chi connectivity index (χ0) is 20.8. The van der Waals surface area contributed by atoms with Crippen LogP contribution < -0.4 is 0 Å². The number of aliphatic hydroxyl groups is 1. The van der Waals surface area contributed by atoms with Crippen LogP contribution in [0.25, 0.3) is 0 Å². The van der Waals surface area contributed by atoms with Crippen molar-refractivity contribution in [1.82, 2.24) is 4.90 Å². The number of nitrogens with zero attached hydrogens (tertiary/aromatic N) is 1. The second-order valence-electron chi connectivity index (χ2n) is 7.33. The van der Waals surface area contributed by atoms with Crippen LogP contribution in [-0.2, 0) is 16.0 Å². The SMILES string of the molecule is CCCCCN1C(=O)C(O)=C(C(=O)CCc2ccccc2)C1c1ccc(Cl)cc1. The third-order valence-corrected chi connectivity index (χ3v) is 5.53. The number of hydrogen-bond donors (Lipinski definition) is 1. The molecule has 0 saturated carbocycles. The van der Waals surface area contributed by atoms with Gasteiger partial charge in [0.05, 0.1) is 11.6 Å². The summed E-state index contributed by atoms with van der Waals surface area (Å²) >= 11 is 6.02. The Morgan fingerprint density at radius 2 is 1.76 bits per heavy atom. The van der Waals surface area contributed by atoms with Crippen LogP contribution in [0.15, 0.2) is 65.9 Å². The minimum absolute atomic E-state index is 0.197. The first kappa shape index (κ1) is 21.1. The molecular weight excluding hydrogens is 386 g/mol. The Balaban J connectivity index is 1.87. The molecule has 2 aromatic rings. The van der Waals surface area contributed by atoms with Gasteiger partial charge in [0, 0.05) is 18.0 Å². The van der Waals surface area contributed by atoms with E-state index in [-0.39, 0.29) is 17.8 Å². The lowest BCUT2D eigenvalue weighted by molar-refractivity contribution is -0.129. The van der Waals surface area contributed by atoms with Crippen LogP contribution in [0.3, 0.4) is 0 Å². The Morgan fingerprint density at radius 1 is 1.07 bits per heavy atom. The number of aliphatic hydroxyl groups excluding tert-OH is 1. The third-order valence-electron chi connectivity index (χ3n) is 5.28. The molecule has 1 aliphatic heterocycles. The van der Waals surface area contributed by atoms with E-state index < -0.39 is 17.7 Å². The Labute approximate surface area is 176 Å². The van der Waals surface area contributed by atoms with Crippen molar-refractivity contribution >= 4 is 23.3 Å². The van der Waals surface area contributed by atoms with E-state index in [0.717, 1.165) is 30.4 Å². The number of benzene rings is 2. The van der Waals surface area contributed by atoms with Gasteiger partial charge in [-0.1, -0.05) is 73.8 Å². The number of ketones is 1. The van der Waals surface area contributed by atoms with E-state index >= 15 is 0 Å². The van der Waals surface area contributed by atoms with Crippen LogP contribution in [0.4, 0.5) is 0 Å². The van der Waals surface area contributed by atoms with Gasteiger partial charge in [-0.05, 0) is 36.1 Å². The predicted octanol–water partition coefficient (Wildman–Crippen LogP) is 5.43. The normalized spacial score (nSPS) is 16.6. The van der Waals surface area contributed by atoms with Gasteiger partial charge in [0.1, 0.15) is 0 Å². The number of unbranched alkanes of at least 4 members (excludes halogenated alkanes) is 2. The first-order valence-electron chi connectivity index (χ1n) is 10.1. The van der Waals surface area contributed by atoms with E-state index in [1.165, 1.54) is 0 Å². The van der Waals surface area contributed by atoms with Gasteiger partial charge in [-0.15, -0.1) is 0 Å². The molecular formula is C24H26ClNO3. The Morgan fingerprint density at radius 3 is 2.41 bits per heavy atom. The monoisotopic (exact) mass is 411 g/mol. The van der Waals surface area contributed by atoms with E-state index in [1.54, 1.807) is 17.0 Å².